The molecule has 2 aromatic rings. The van der Waals surface area contributed by atoms with Gasteiger partial charge in [-0.1, -0.05) is 0 Å². The molecule has 0 amide bonds. The Morgan fingerprint density at radius 3 is 2.88 bits per heavy atom. The van der Waals surface area contributed by atoms with Gasteiger partial charge in [0.2, 0.25) is 0 Å². The minimum absolute atomic E-state index is 0.158. The number of rotatable bonds is 1. The van der Waals surface area contributed by atoms with E-state index in [9.17, 15) is 4.39 Å². The molecule has 1 fully saturated rings. The molecule has 0 unspecified atom stereocenters. The van der Waals surface area contributed by atoms with Crippen LogP contribution in [0, 0.1) is 12.7 Å². The largest absolute Gasteiger partial charge is 0.462 e. The maximum absolute atomic E-state index is 14.3. The SMILES string of the molecule is Cc1cc2ccoc2c(N2CCNCC2)c1F. The van der Waals surface area contributed by atoms with Crippen molar-refractivity contribution < 1.29 is 8.81 Å². The lowest BCUT2D eigenvalue weighted by Crippen LogP contribution is -2.44. The summed E-state index contributed by atoms with van der Waals surface area (Å²) in [4.78, 5) is 2.06. The second-order valence-electron chi connectivity index (χ2n) is 4.43. The zero-order valence-corrected chi connectivity index (χ0v) is 9.79. The van der Waals surface area contributed by atoms with E-state index in [-0.39, 0.29) is 5.82 Å². The van der Waals surface area contributed by atoms with Gasteiger partial charge in [-0.15, -0.1) is 0 Å². The summed E-state index contributed by atoms with van der Waals surface area (Å²) < 4.78 is 19.7. The van der Waals surface area contributed by atoms with Crippen LogP contribution in [0.2, 0.25) is 0 Å². The van der Waals surface area contributed by atoms with E-state index in [4.69, 9.17) is 4.42 Å². The molecule has 0 spiro atoms. The van der Waals surface area contributed by atoms with Crippen molar-refractivity contribution in [3.05, 3.63) is 29.8 Å². The van der Waals surface area contributed by atoms with Gasteiger partial charge >= 0.3 is 0 Å². The molecule has 0 aliphatic carbocycles. The highest BCUT2D eigenvalue weighted by Gasteiger charge is 2.21. The first-order valence-electron chi connectivity index (χ1n) is 5.89. The van der Waals surface area contributed by atoms with E-state index in [1.807, 2.05) is 12.1 Å². The van der Waals surface area contributed by atoms with Crippen LogP contribution in [-0.4, -0.2) is 26.2 Å². The standard InChI is InChI=1S/C13H15FN2O/c1-9-8-10-2-7-17-13(10)12(11(9)14)16-5-3-15-4-6-16/h2,7-8,15H,3-6H2,1H3. The lowest BCUT2D eigenvalue weighted by molar-refractivity contribution is 0.553. The van der Waals surface area contributed by atoms with E-state index in [0.717, 1.165) is 31.6 Å². The summed E-state index contributed by atoms with van der Waals surface area (Å²) in [6.07, 6.45) is 1.62. The van der Waals surface area contributed by atoms with Crippen molar-refractivity contribution in [2.75, 3.05) is 31.1 Å². The number of piperazine rings is 1. The van der Waals surface area contributed by atoms with Gasteiger partial charge in [-0.3, -0.25) is 0 Å². The number of hydrogen-bond acceptors (Lipinski definition) is 3. The molecule has 1 aromatic carbocycles. The average molecular weight is 234 g/mol. The predicted octanol–water partition coefficient (Wildman–Crippen LogP) is 2.29. The first kappa shape index (κ1) is 10.6. The van der Waals surface area contributed by atoms with E-state index >= 15 is 0 Å². The molecule has 4 heteroatoms. The summed E-state index contributed by atoms with van der Waals surface area (Å²) in [5, 5.41) is 4.24. The molecule has 2 heterocycles. The van der Waals surface area contributed by atoms with Crippen molar-refractivity contribution in [3.63, 3.8) is 0 Å². The Hall–Kier alpha value is -1.55. The van der Waals surface area contributed by atoms with Crippen LogP contribution in [0.4, 0.5) is 10.1 Å². The molecule has 1 aromatic heterocycles. The maximum Gasteiger partial charge on any atom is 0.160 e. The molecule has 0 atom stereocenters. The molecule has 1 saturated heterocycles. The quantitative estimate of drug-likeness (QED) is 0.820. The molecule has 1 N–H and O–H groups in total. The summed E-state index contributed by atoms with van der Waals surface area (Å²) in [5.41, 5.74) is 1.95. The minimum atomic E-state index is -0.158. The number of nitrogens with one attached hydrogen (secondary N) is 1. The second-order valence-corrected chi connectivity index (χ2v) is 4.43. The van der Waals surface area contributed by atoms with Crippen LogP contribution < -0.4 is 10.2 Å². The van der Waals surface area contributed by atoms with Gasteiger partial charge in [0.05, 0.1) is 6.26 Å². The van der Waals surface area contributed by atoms with Crippen LogP contribution in [0.3, 0.4) is 0 Å². The lowest BCUT2D eigenvalue weighted by atomic mass is 10.1. The summed E-state index contributed by atoms with van der Waals surface area (Å²) in [6, 6.07) is 3.72. The van der Waals surface area contributed by atoms with E-state index in [1.54, 1.807) is 13.2 Å². The van der Waals surface area contributed by atoms with Gasteiger partial charge in [-0.05, 0) is 24.6 Å². The zero-order valence-electron chi connectivity index (χ0n) is 9.79. The van der Waals surface area contributed by atoms with Crippen LogP contribution in [0.5, 0.6) is 0 Å². The fraction of sp³-hybridized carbons (Fsp3) is 0.385. The van der Waals surface area contributed by atoms with E-state index in [1.165, 1.54) is 0 Å². The smallest absolute Gasteiger partial charge is 0.160 e. The predicted molar refractivity (Wildman–Crippen MR) is 66.0 cm³/mol. The monoisotopic (exact) mass is 234 g/mol. The topological polar surface area (TPSA) is 28.4 Å². The molecular weight excluding hydrogens is 219 g/mol. The van der Waals surface area contributed by atoms with Gasteiger partial charge in [0.25, 0.3) is 0 Å². The van der Waals surface area contributed by atoms with Crippen molar-refractivity contribution >= 4 is 16.7 Å². The van der Waals surface area contributed by atoms with Crippen molar-refractivity contribution in [1.29, 1.82) is 0 Å². The maximum atomic E-state index is 14.3. The highest BCUT2D eigenvalue weighted by atomic mass is 19.1. The third-order valence-corrected chi connectivity index (χ3v) is 3.27. The molecule has 3 nitrogen and oxygen atoms in total. The Bertz CT molecular complexity index is 544. The number of anilines is 1. The minimum Gasteiger partial charge on any atom is -0.462 e. The van der Waals surface area contributed by atoms with Gasteiger partial charge in [-0.25, -0.2) is 4.39 Å². The molecule has 3 rings (SSSR count). The van der Waals surface area contributed by atoms with Crippen LogP contribution in [0.25, 0.3) is 11.0 Å². The number of furan rings is 1. The van der Waals surface area contributed by atoms with Crippen LogP contribution in [0.15, 0.2) is 22.8 Å². The van der Waals surface area contributed by atoms with Crippen LogP contribution in [-0.2, 0) is 0 Å². The molecule has 0 saturated carbocycles. The Morgan fingerprint density at radius 1 is 1.35 bits per heavy atom. The third kappa shape index (κ3) is 1.69. The normalized spacial score (nSPS) is 16.7. The second kappa shape index (κ2) is 4.04. The number of benzene rings is 1. The fourth-order valence-electron chi connectivity index (χ4n) is 2.38. The highest BCUT2D eigenvalue weighted by Crippen LogP contribution is 2.33. The molecule has 0 radical (unpaired) electrons. The van der Waals surface area contributed by atoms with E-state index < -0.39 is 0 Å². The van der Waals surface area contributed by atoms with Gasteiger partial charge in [0.1, 0.15) is 5.69 Å². The Kier molecular flexibility index (Phi) is 2.52. The van der Waals surface area contributed by atoms with Crippen LogP contribution in [0.1, 0.15) is 5.56 Å². The summed E-state index contributed by atoms with van der Waals surface area (Å²) in [7, 11) is 0. The summed E-state index contributed by atoms with van der Waals surface area (Å²) >= 11 is 0. The van der Waals surface area contributed by atoms with Crippen molar-refractivity contribution in [2.45, 2.75) is 6.92 Å². The number of nitrogens with zero attached hydrogens (tertiary/aromatic N) is 1. The number of fused-ring (bicyclic) bond motifs is 1. The molecular formula is C13H15FN2O. The molecule has 17 heavy (non-hydrogen) atoms. The number of halogens is 1. The molecule has 1 aliphatic heterocycles. The Balaban J connectivity index is 2.18. The number of aryl methyl sites for hydroxylation is 1. The third-order valence-electron chi connectivity index (χ3n) is 3.27. The first-order valence-corrected chi connectivity index (χ1v) is 5.89. The lowest BCUT2D eigenvalue weighted by Gasteiger charge is -2.30. The Labute approximate surface area is 99.2 Å². The van der Waals surface area contributed by atoms with Crippen LogP contribution >= 0.6 is 0 Å². The highest BCUT2D eigenvalue weighted by molar-refractivity contribution is 5.90. The van der Waals surface area contributed by atoms with Gasteiger partial charge in [-0.2, -0.15) is 0 Å². The van der Waals surface area contributed by atoms with Gasteiger partial charge in [0, 0.05) is 31.6 Å². The van der Waals surface area contributed by atoms with Crippen molar-refractivity contribution in [2.24, 2.45) is 0 Å². The Morgan fingerprint density at radius 2 is 2.12 bits per heavy atom. The average Bonchev–Trinajstić information content (AvgIpc) is 2.79. The molecule has 90 valence electrons. The fourth-order valence-corrected chi connectivity index (χ4v) is 2.38. The van der Waals surface area contributed by atoms with Gasteiger partial charge in [0.15, 0.2) is 11.4 Å². The van der Waals surface area contributed by atoms with Crippen molar-refractivity contribution in [3.8, 4) is 0 Å². The van der Waals surface area contributed by atoms with E-state index in [2.05, 4.69) is 10.2 Å². The molecule has 1 aliphatic rings. The van der Waals surface area contributed by atoms with Gasteiger partial charge < -0.3 is 14.6 Å². The van der Waals surface area contributed by atoms with E-state index in [0.29, 0.717) is 16.8 Å². The number of hydrogen-bond donors (Lipinski definition) is 1. The zero-order chi connectivity index (χ0) is 11.8. The summed E-state index contributed by atoms with van der Waals surface area (Å²) in [5.74, 6) is -0.158. The molecule has 0 bridgehead atoms. The first-order chi connectivity index (χ1) is 8.27. The van der Waals surface area contributed by atoms with Crippen molar-refractivity contribution in [1.82, 2.24) is 5.32 Å². The summed E-state index contributed by atoms with van der Waals surface area (Å²) in [6.45, 7) is 5.20.